The normalized spacial score (nSPS) is 24.1. The topological polar surface area (TPSA) is 38.4 Å². The molecule has 3 heteroatoms. The minimum atomic E-state index is 0.243. The van der Waals surface area contributed by atoms with Gasteiger partial charge in [0.2, 0.25) is 0 Å². The van der Waals surface area contributed by atoms with Crippen molar-refractivity contribution in [3.63, 3.8) is 0 Å². The minimum Gasteiger partial charge on any atom is -0.378 e. The Hall–Kier alpha value is -2.26. The Balaban J connectivity index is 1.85. The first-order chi connectivity index (χ1) is 13.4. The van der Waals surface area contributed by atoms with Crippen molar-refractivity contribution in [2.24, 2.45) is 22.1 Å². The number of rotatable bonds is 2. The first-order valence-corrected chi connectivity index (χ1v) is 10.8. The molecule has 28 heavy (non-hydrogen) atoms. The van der Waals surface area contributed by atoms with Crippen LogP contribution in [0.3, 0.4) is 0 Å². The van der Waals surface area contributed by atoms with Gasteiger partial charge in [0.15, 0.2) is 5.17 Å². The standard InChI is InChI=1S/C25H28N2S/c1-25(2,3)20-15-19(14-17-10-6-4-7-11-17)22-21(16-20)23(28-24(26)27-22)18-12-8-5-9-13-18/h4-14,20,23H,15-16H2,1-3H3,(H2,26,27). The second-order valence-electron chi connectivity index (χ2n) is 8.78. The van der Waals surface area contributed by atoms with Crippen LogP contribution in [0.1, 0.15) is 50.0 Å². The molecule has 0 amide bonds. The second-order valence-corrected chi connectivity index (χ2v) is 9.91. The molecule has 0 saturated heterocycles. The number of hydrogen-bond acceptors (Lipinski definition) is 3. The van der Waals surface area contributed by atoms with Crippen LogP contribution in [-0.2, 0) is 0 Å². The Morgan fingerprint density at radius 3 is 2.25 bits per heavy atom. The van der Waals surface area contributed by atoms with Gasteiger partial charge in [0.05, 0.1) is 10.9 Å². The molecule has 2 nitrogen and oxygen atoms in total. The van der Waals surface area contributed by atoms with Gasteiger partial charge in [0.1, 0.15) is 0 Å². The highest BCUT2D eigenvalue weighted by Gasteiger charge is 2.37. The molecule has 4 rings (SSSR count). The number of aliphatic imine (C=N–C) groups is 1. The Kier molecular flexibility index (Phi) is 5.20. The fourth-order valence-corrected chi connectivity index (χ4v) is 5.12. The van der Waals surface area contributed by atoms with E-state index in [9.17, 15) is 0 Å². The van der Waals surface area contributed by atoms with Crippen LogP contribution in [0, 0.1) is 11.3 Å². The maximum atomic E-state index is 6.30. The maximum absolute atomic E-state index is 6.30. The number of nitrogens with zero attached hydrogens (tertiary/aromatic N) is 1. The number of nitrogens with two attached hydrogens (primary N) is 1. The summed E-state index contributed by atoms with van der Waals surface area (Å²) in [5.74, 6) is 0.586. The molecule has 1 aliphatic carbocycles. The molecule has 2 aliphatic rings. The van der Waals surface area contributed by atoms with Crippen molar-refractivity contribution >= 4 is 23.0 Å². The molecule has 1 aliphatic heterocycles. The maximum Gasteiger partial charge on any atom is 0.160 e. The quantitative estimate of drug-likeness (QED) is 0.631. The highest BCUT2D eigenvalue weighted by molar-refractivity contribution is 8.14. The zero-order valence-electron chi connectivity index (χ0n) is 16.9. The molecule has 0 saturated carbocycles. The number of thioether (sulfide) groups is 1. The van der Waals surface area contributed by atoms with Crippen molar-refractivity contribution in [2.75, 3.05) is 0 Å². The highest BCUT2D eigenvalue weighted by Crippen LogP contribution is 2.52. The molecule has 0 fully saturated rings. The number of hydrogen-bond donors (Lipinski definition) is 1. The zero-order valence-corrected chi connectivity index (χ0v) is 17.7. The Morgan fingerprint density at radius 1 is 0.964 bits per heavy atom. The molecule has 0 bridgehead atoms. The van der Waals surface area contributed by atoms with Gasteiger partial charge in [0.25, 0.3) is 0 Å². The van der Waals surface area contributed by atoms with Gasteiger partial charge in [-0.1, -0.05) is 93.2 Å². The van der Waals surface area contributed by atoms with Crippen molar-refractivity contribution in [1.82, 2.24) is 0 Å². The van der Waals surface area contributed by atoms with Gasteiger partial charge in [-0.05, 0) is 52.5 Å². The molecule has 0 spiro atoms. The fraction of sp³-hybridized carbons (Fsp3) is 0.320. The second kappa shape index (κ2) is 7.63. The van der Waals surface area contributed by atoms with Crippen molar-refractivity contribution in [3.05, 3.63) is 88.6 Å². The third-order valence-electron chi connectivity index (χ3n) is 5.79. The van der Waals surface area contributed by atoms with Gasteiger partial charge >= 0.3 is 0 Å². The highest BCUT2D eigenvalue weighted by atomic mass is 32.2. The lowest BCUT2D eigenvalue weighted by Gasteiger charge is -2.40. The molecular formula is C25H28N2S. The van der Waals surface area contributed by atoms with Crippen LogP contribution in [0.5, 0.6) is 0 Å². The average molecular weight is 389 g/mol. The van der Waals surface area contributed by atoms with E-state index >= 15 is 0 Å². The predicted molar refractivity (Wildman–Crippen MR) is 122 cm³/mol. The number of benzene rings is 2. The van der Waals surface area contributed by atoms with Crippen LogP contribution >= 0.6 is 11.8 Å². The third kappa shape index (κ3) is 3.95. The summed E-state index contributed by atoms with van der Waals surface area (Å²) < 4.78 is 0. The first-order valence-electron chi connectivity index (χ1n) is 9.96. The van der Waals surface area contributed by atoms with Gasteiger partial charge < -0.3 is 5.73 Å². The monoisotopic (exact) mass is 388 g/mol. The molecule has 2 N–H and O–H groups in total. The average Bonchev–Trinajstić information content (AvgIpc) is 2.68. The van der Waals surface area contributed by atoms with Gasteiger partial charge in [0, 0.05) is 0 Å². The van der Waals surface area contributed by atoms with E-state index in [1.807, 2.05) is 0 Å². The van der Waals surface area contributed by atoms with E-state index < -0.39 is 0 Å². The summed E-state index contributed by atoms with van der Waals surface area (Å²) >= 11 is 1.69. The molecule has 2 aromatic rings. The Morgan fingerprint density at radius 2 is 1.61 bits per heavy atom. The first kappa shape index (κ1) is 19.1. The predicted octanol–water partition coefficient (Wildman–Crippen LogP) is 6.58. The molecule has 2 unspecified atom stereocenters. The van der Waals surface area contributed by atoms with E-state index in [-0.39, 0.29) is 10.7 Å². The van der Waals surface area contributed by atoms with Gasteiger partial charge in [-0.25, -0.2) is 4.99 Å². The lowest BCUT2D eigenvalue weighted by molar-refractivity contribution is 0.230. The molecule has 2 atom stereocenters. The van der Waals surface area contributed by atoms with Gasteiger partial charge in [-0.15, -0.1) is 0 Å². The van der Waals surface area contributed by atoms with E-state index in [0.717, 1.165) is 18.5 Å². The van der Waals surface area contributed by atoms with Crippen LogP contribution in [0.4, 0.5) is 0 Å². The van der Waals surface area contributed by atoms with E-state index in [1.165, 1.54) is 22.3 Å². The van der Waals surface area contributed by atoms with Crippen LogP contribution in [0.15, 0.2) is 82.5 Å². The lowest BCUT2D eigenvalue weighted by Crippen LogP contribution is -2.29. The molecule has 2 aromatic carbocycles. The number of amidine groups is 1. The fourth-order valence-electron chi connectivity index (χ4n) is 4.09. The van der Waals surface area contributed by atoms with Gasteiger partial charge in [-0.3, -0.25) is 0 Å². The molecule has 0 aromatic heterocycles. The summed E-state index contributed by atoms with van der Waals surface area (Å²) in [5.41, 5.74) is 12.9. The number of allylic oxidation sites excluding steroid dienone is 1. The largest absolute Gasteiger partial charge is 0.378 e. The van der Waals surface area contributed by atoms with E-state index in [2.05, 4.69) is 87.5 Å². The smallest absolute Gasteiger partial charge is 0.160 e. The molecular weight excluding hydrogens is 360 g/mol. The SMILES string of the molecule is CC(C)(C)C1CC(=Cc2ccccc2)C2=C(C1)C(c1ccccc1)SC(N)=N2. The van der Waals surface area contributed by atoms with Gasteiger partial charge in [-0.2, -0.15) is 0 Å². The van der Waals surface area contributed by atoms with Crippen molar-refractivity contribution in [2.45, 2.75) is 38.9 Å². The summed E-state index contributed by atoms with van der Waals surface area (Å²) in [5, 5.41) is 0.916. The van der Waals surface area contributed by atoms with Crippen molar-refractivity contribution < 1.29 is 0 Å². The van der Waals surface area contributed by atoms with Crippen LogP contribution in [0.25, 0.3) is 6.08 Å². The third-order valence-corrected chi connectivity index (χ3v) is 6.91. The van der Waals surface area contributed by atoms with E-state index in [4.69, 9.17) is 10.7 Å². The van der Waals surface area contributed by atoms with E-state index in [0.29, 0.717) is 11.1 Å². The summed E-state index contributed by atoms with van der Waals surface area (Å²) in [6, 6.07) is 21.3. The van der Waals surface area contributed by atoms with Crippen molar-refractivity contribution in [3.8, 4) is 0 Å². The minimum absolute atomic E-state index is 0.243. The zero-order chi connectivity index (χ0) is 19.7. The molecule has 0 radical (unpaired) electrons. The Labute approximate surface area is 172 Å². The van der Waals surface area contributed by atoms with E-state index in [1.54, 1.807) is 11.8 Å². The van der Waals surface area contributed by atoms with Crippen LogP contribution < -0.4 is 5.73 Å². The summed E-state index contributed by atoms with van der Waals surface area (Å²) in [6.45, 7) is 7.07. The van der Waals surface area contributed by atoms with Crippen molar-refractivity contribution in [1.29, 1.82) is 0 Å². The molecule has 1 heterocycles. The lowest BCUT2D eigenvalue weighted by atomic mass is 9.69. The molecule has 144 valence electrons. The van der Waals surface area contributed by atoms with Crippen LogP contribution in [0.2, 0.25) is 0 Å². The Bertz CT molecular complexity index is 934. The summed E-state index contributed by atoms with van der Waals surface area (Å²) in [7, 11) is 0. The summed E-state index contributed by atoms with van der Waals surface area (Å²) in [6.07, 6.45) is 4.43. The summed E-state index contributed by atoms with van der Waals surface area (Å²) in [4.78, 5) is 4.84. The van der Waals surface area contributed by atoms with Crippen LogP contribution in [-0.4, -0.2) is 5.17 Å².